The van der Waals surface area contributed by atoms with Crippen molar-refractivity contribution in [3.05, 3.63) is 105 Å². The van der Waals surface area contributed by atoms with Gasteiger partial charge in [-0.05, 0) is 82.2 Å². The summed E-state index contributed by atoms with van der Waals surface area (Å²) in [5, 5.41) is 6.31. The molecule has 4 aromatic carbocycles. The molecule has 1 fully saturated rings. The molecule has 1 saturated heterocycles. The highest BCUT2D eigenvalue weighted by Gasteiger charge is 2.24. The molecular weight excluding hydrogens is 515 g/mol. The van der Waals surface area contributed by atoms with E-state index in [4.69, 9.17) is 32.7 Å². The molecule has 1 aliphatic heterocycles. The summed E-state index contributed by atoms with van der Waals surface area (Å²) >= 11 is 14.2. The minimum absolute atomic E-state index is 0.240. The molecule has 0 saturated carbocycles. The minimum atomic E-state index is -0.240. The van der Waals surface area contributed by atoms with Gasteiger partial charge in [0.15, 0.2) is 10.9 Å². The molecule has 0 radical (unpaired) electrons. The Morgan fingerprint density at radius 3 is 2.39 bits per heavy atom. The SMILES string of the molecule is COc1ccc(N=C2NC(=O)/C(=C\c3cc(Cl)c(OCc4ccc5ccccc5c4)c(Cl)c3)S2)cc1. The average Bonchev–Trinajstić information content (AvgIpc) is 3.22. The molecule has 0 unspecified atom stereocenters. The maximum Gasteiger partial charge on any atom is 0.264 e. The smallest absolute Gasteiger partial charge is 0.264 e. The van der Waals surface area contributed by atoms with Gasteiger partial charge in [0.05, 0.1) is 27.7 Å². The van der Waals surface area contributed by atoms with Crippen LogP contribution in [0.15, 0.2) is 88.8 Å². The van der Waals surface area contributed by atoms with Gasteiger partial charge in [0.1, 0.15) is 12.4 Å². The number of amidine groups is 1. The zero-order valence-corrected chi connectivity index (χ0v) is 21.5. The van der Waals surface area contributed by atoms with Gasteiger partial charge in [-0.15, -0.1) is 0 Å². The highest BCUT2D eigenvalue weighted by Crippen LogP contribution is 2.37. The second-order valence-electron chi connectivity index (χ2n) is 7.96. The standard InChI is InChI=1S/C28H20Cl2N2O3S/c1-34-22-10-8-21(9-11-22)31-28-32-27(33)25(36-28)15-18-13-23(29)26(24(30)14-18)35-16-17-6-7-19-4-2-3-5-20(19)12-17/h2-15H,16H2,1H3,(H,31,32,33)/b25-15+. The zero-order valence-electron chi connectivity index (χ0n) is 19.1. The minimum Gasteiger partial charge on any atom is -0.497 e. The van der Waals surface area contributed by atoms with Gasteiger partial charge in [-0.1, -0.05) is 59.6 Å². The first-order valence-corrected chi connectivity index (χ1v) is 12.6. The van der Waals surface area contributed by atoms with E-state index in [-0.39, 0.29) is 5.91 Å². The Hall–Kier alpha value is -3.45. The van der Waals surface area contributed by atoms with Crippen molar-refractivity contribution in [1.82, 2.24) is 5.32 Å². The van der Waals surface area contributed by atoms with Gasteiger partial charge in [-0.3, -0.25) is 4.79 Å². The topological polar surface area (TPSA) is 59.9 Å². The lowest BCUT2D eigenvalue weighted by atomic mass is 10.1. The van der Waals surface area contributed by atoms with Gasteiger partial charge in [-0.2, -0.15) is 0 Å². The third kappa shape index (κ3) is 5.51. The number of carbonyl (C=O) groups is 1. The number of benzene rings is 4. The van der Waals surface area contributed by atoms with E-state index in [0.717, 1.165) is 16.7 Å². The first-order chi connectivity index (χ1) is 17.5. The average molecular weight is 535 g/mol. The predicted octanol–water partition coefficient (Wildman–Crippen LogP) is 7.63. The number of halogens is 2. The lowest BCUT2D eigenvalue weighted by molar-refractivity contribution is -0.115. The number of amides is 1. The van der Waals surface area contributed by atoms with Crippen molar-refractivity contribution >= 4 is 68.6 Å². The van der Waals surface area contributed by atoms with Gasteiger partial charge in [-0.25, -0.2) is 4.99 Å². The van der Waals surface area contributed by atoms with E-state index in [1.54, 1.807) is 25.3 Å². The van der Waals surface area contributed by atoms with Crippen molar-refractivity contribution in [3.63, 3.8) is 0 Å². The molecule has 8 heteroatoms. The highest BCUT2D eigenvalue weighted by molar-refractivity contribution is 8.18. The molecule has 1 N–H and O–H groups in total. The Morgan fingerprint density at radius 2 is 1.67 bits per heavy atom. The molecule has 0 aliphatic carbocycles. The molecule has 4 aromatic rings. The monoisotopic (exact) mass is 534 g/mol. The molecule has 1 heterocycles. The molecule has 1 amide bonds. The Labute approximate surface area is 222 Å². The van der Waals surface area contributed by atoms with Crippen LogP contribution in [0.25, 0.3) is 16.8 Å². The summed E-state index contributed by atoms with van der Waals surface area (Å²) in [6.07, 6.45) is 1.72. The predicted molar refractivity (Wildman–Crippen MR) is 149 cm³/mol. The third-order valence-corrected chi connectivity index (χ3v) is 6.94. The number of methoxy groups -OCH3 is 1. The van der Waals surface area contributed by atoms with Gasteiger partial charge >= 0.3 is 0 Å². The van der Waals surface area contributed by atoms with Crippen molar-refractivity contribution < 1.29 is 14.3 Å². The maximum absolute atomic E-state index is 12.5. The molecule has 0 bridgehead atoms. The van der Waals surface area contributed by atoms with Crippen LogP contribution in [0, 0.1) is 0 Å². The van der Waals surface area contributed by atoms with Gasteiger partial charge in [0, 0.05) is 0 Å². The number of aliphatic imine (C=N–C) groups is 1. The second-order valence-corrected chi connectivity index (χ2v) is 9.81. The Morgan fingerprint density at radius 1 is 0.944 bits per heavy atom. The molecule has 5 rings (SSSR count). The number of hydrogen-bond donors (Lipinski definition) is 1. The van der Waals surface area contributed by atoms with Gasteiger partial charge in [0.25, 0.3) is 5.91 Å². The van der Waals surface area contributed by atoms with Crippen LogP contribution in [0.3, 0.4) is 0 Å². The van der Waals surface area contributed by atoms with E-state index in [9.17, 15) is 4.79 Å². The molecule has 1 aliphatic rings. The third-order valence-electron chi connectivity index (χ3n) is 5.47. The normalized spacial score (nSPS) is 15.5. The van der Waals surface area contributed by atoms with E-state index in [0.29, 0.717) is 43.7 Å². The number of nitrogens with zero attached hydrogens (tertiary/aromatic N) is 1. The molecular formula is C28H20Cl2N2O3S. The lowest BCUT2D eigenvalue weighted by Crippen LogP contribution is -2.19. The van der Waals surface area contributed by atoms with Crippen molar-refractivity contribution in [2.24, 2.45) is 4.99 Å². The van der Waals surface area contributed by atoms with E-state index in [1.807, 2.05) is 42.5 Å². The number of nitrogens with one attached hydrogen (secondary N) is 1. The van der Waals surface area contributed by atoms with Crippen molar-refractivity contribution in [2.45, 2.75) is 6.61 Å². The largest absolute Gasteiger partial charge is 0.497 e. The van der Waals surface area contributed by atoms with Crippen LogP contribution < -0.4 is 14.8 Å². The van der Waals surface area contributed by atoms with Crippen LogP contribution >= 0.6 is 35.0 Å². The maximum atomic E-state index is 12.5. The fraction of sp³-hybridized carbons (Fsp3) is 0.0714. The summed E-state index contributed by atoms with van der Waals surface area (Å²) in [6.45, 7) is 0.328. The van der Waals surface area contributed by atoms with Crippen LogP contribution in [0.5, 0.6) is 11.5 Å². The van der Waals surface area contributed by atoms with E-state index in [2.05, 4.69) is 34.6 Å². The second kappa shape index (κ2) is 10.7. The van der Waals surface area contributed by atoms with Crippen LogP contribution in [0.1, 0.15) is 11.1 Å². The van der Waals surface area contributed by atoms with E-state index < -0.39 is 0 Å². The summed E-state index contributed by atoms with van der Waals surface area (Å²) in [5.74, 6) is 0.899. The van der Waals surface area contributed by atoms with E-state index >= 15 is 0 Å². The Balaban J connectivity index is 1.30. The van der Waals surface area contributed by atoms with E-state index in [1.165, 1.54) is 17.1 Å². The highest BCUT2D eigenvalue weighted by atomic mass is 35.5. The number of thioether (sulfide) groups is 1. The fourth-order valence-corrected chi connectivity index (χ4v) is 5.15. The first-order valence-electron chi connectivity index (χ1n) is 11.0. The number of carbonyl (C=O) groups excluding carboxylic acids is 1. The van der Waals surface area contributed by atoms with Crippen molar-refractivity contribution in [2.75, 3.05) is 7.11 Å². The van der Waals surface area contributed by atoms with Crippen LogP contribution in [0.4, 0.5) is 5.69 Å². The molecule has 0 atom stereocenters. The molecule has 36 heavy (non-hydrogen) atoms. The van der Waals surface area contributed by atoms with Crippen LogP contribution in [-0.4, -0.2) is 18.2 Å². The lowest BCUT2D eigenvalue weighted by Gasteiger charge is -2.12. The van der Waals surface area contributed by atoms with Gasteiger partial charge in [0.2, 0.25) is 0 Å². The number of hydrogen-bond acceptors (Lipinski definition) is 5. The Bertz CT molecular complexity index is 1490. The first kappa shape index (κ1) is 24.3. The van der Waals surface area contributed by atoms with Gasteiger partial charge < -0.3 is 14.8 Å². The summed E-state index contributed by atoms with van der Waals surface area (Å²) in [5.41, 5.74) is 2.40. The summed E-state index contributed by atoms with van der Waals surface area (Å²) in [4.78, 5) is 17.4. The molecule has 0 spiro atoms. The number of ether oxygens (including phenoxy) is 2. The molecule has 5 nitrogen and oxygen atoms in total. The number of fused-ring (bicyclic) bond motifs is 1. The van der Waals surface area contributed by atoms with Crippen molar-refractivity contribution in [1.29, 1.82) is 0 Å². The Kier molecular flexibility index (Phi) is 7.18. The molecule has 180 valence electrons. The zero-order chi connectivity index (χ0) is 25.1. The summed E-state index contributed by atoms with van der Waals surface area (Å²) < 4.78 is 11.1. The molecule has 0 aromatic heterocycles. The quantitative estimate of drug-likeness (QED) is 0.258. The fourth-order valence-electron chi connectivity index (χ4n) is 3.69. The summed E-state index contributed by atoms with van der Waals surface area (Å²) in [6, 6.07) is 25.0. The van der Waals surface area contributed by atoms with Crippen LogP contribution in [-0.2, 0) is 11.4 Å². The van der Waals surface area contributed by atoms with Crippen molar-refractivity contribution in [3.8, 4) is 11.5 Å². The van der Waals surface area contributed by atoms with Crippen LogP contribution in [0.2, 0.25) is 10.0 Å². The number of rotatable bonds is 6. The summed E-state index contributed by atoms with van der Waals surface area (Å²) in [7, 11) is 1.60.